The Morgan fingerprint density at radius 2 is 1.80 bits per heavy atom. The van der Waals surface area contributed by atoms with Crippen LogP contribution < -0.4 is 4.74 Å². The number of aromatic nitrogens is 3. The standard InChI is InChI=1S/C14H9N3O3/c18-13(19)10-6-16-14(17-7-10)20-11-5-9-3-1-2-4-12(9)15-8-11/h1-8H,(H,18,19). The second-order valence-electron chi connectivity index (χ2n) is 4.03. The molecule has 0 bridgehead atoms. The number of hydrogen-bond acceptors (Lipinski definition) is 5. The average molecular weight is 267 g/mol. The second kappa shape index (κ2) is 4.93. The molecule has 2 heterocycles. The molecule has 0 saturated heterocycles. The molecule has 0 aliphatic carbocycles. The monoisotopic (exact) mass is 267 g/mol. The molecule has 0 fully saturated rings. The van der Waals surface area contributed by atoms with Crippen LogP contribution >= 0.6 is 0 Å². The lowest BCUT2D eigenvalue weighted by Crippen LogP contribution is -1.99. The van der Waals surface area contributed by atoms with Crippen LogP contribution in [0, 0.1) is 0 Å². The van der Waals surface area contributed by atoms with Gasteiger partial charge in [0.15, 0.2) is 0 Å². The molecule has 1 N–H and O–H groups in total. The summed E-state index contributed by atoms with van der Waals surface area (Å²) in [6.45, 7) is 0. The Labute approximate surface area is 113 Å². The lowest BCUT2D eigenvalue weighted by atomic mass is 10.2. The number of ether oxygens (including phenoxy) is 1. The number of nitrogens with zero attached hydrogens (tertiary/aromatic N) is 3. The summed E-state index contributed by atoms with van der Waals surface area (Å²) in [5, 5.41) is 9.69. The van der Waals surface area contributed by atoms with Crippen molar-refractivity contribution in [2.24, 2.45) is 0 Å². The third kappa shape index (κ3) is 2.39. The molecule has 0 spiro atoms. The molecule has 3 rings (SSSR count). The number of carboxylic acid groups (broad SMARTS) is 1. The molecule has 20 heavy (non-hydrogen) atoms. The summed E-state index contributed by atoms with van der Waals surface area (Å²) in [4.78, 5) is 22.6. The second-order valence-corrected chi connectivity index (χ2v) is 4.03. The number of para-hydroxylation sites is 1. The molecule has 98 valence electrons. The van der Waals surface area contributed by atoms with Crippen LogP contribution in [0.4, 0.5) is 0 Å². The van der Waals surface area contributed by atoms with E-state index in [1.54, 1.807) is 6.20 Å². The van der Waals surface area contributed by atoms with E-state index in [2.05, 4.69) is 15.0 Å². The first-order valence-electron chi connectivity index (χ1n) is 5.80. The summed E-state index contributed by atoms with van der Waals surface area (Å²) in [5.74, 6) is -0.587. The lowest BCUT2D eigenvalue weighted by molar-refractivity contribution is 0.0696. The smallest absolute Gasteiger partial charge is 0.338 e. The fourth-order valence-electron chi connectivity index (χ4n) is 1.69. The summed E-state index contributed by atoms with van der Waals surface area (Å²) in [6.07, 6.45) is 3.95. The Morgan fingerprint density at radius 3 is 2.55 bits per heavy atom. The number of rotatable bonds is 3. The van der Waals surface area contributed by atoms with Crippen LogP contribution in [-0.4, -0.2) is 26.0 Å². The number of hydrogen-bond donors (Lipinski definition) is 1. The number of benzene rings is 1. The molecule has 2 aromatic heterocycles. The highest BCUT2D eigenvalue weighted by molar-refractivity contribution is 5.86. The lowest BCUT2D eigenvalue weighted by Gasteiger charge is -2.04. The van der Waals surface area contributed by atoms with Crippen LogP contribution in [0.15, 0.2) is 48.9 Å². The Hall–Kier alpha value is -3.02. The summed E-state index contributed by atoms with van der Waals surface area (Å²) in [6, 6.07) is 9.53. The quantitative estimate of drug-likeness (QED) is 0.784. The molecule has 3 aromatic rings. The van der Waals surface area contributed by atoms with Gasteiger partial charge in [-0.2, -0.15) is 0 Å². The van der Waals surface area contributed by atoms with Gasteiger partial charge < -0.3 is 9.84 Å². The number of aromatic carboxylic acids is 1. The van der Waals surface area contributed by atoms with E-state index in [0.717, 1.165) is 10.9 Å². The van der Waals surface area contributed by atoms with Crippen molar-refractivity contribution in [3.63, 3.8) is 0 Å². The van der Waals surface area contributed by atoms with Gasteiger partial charge in [0.05, 0.1) is 17.3 Å². The van der Waals surface area contributed by atoms with Gasteiger partial charge in [-0.3, -0.25) is 4.98 Å². The van der Waals surface area contributed by atoms with Crippen molar-refractivity contribution in [2.75, 3.05) is 0 Å². The van der Waals surface area contributed by atoms with E-state index in [1.807, 2.05) is 30.3 Å². The fourth-order valence-corrected chi connectivity index (χ4v) is 1.69. The predicted molar refractivity (Wildman–Crippen MR) is 70.8 cm³/mol. The SMILES string of the molecule is O=C(O)c1cnc(Oc2cnc3ccccc3c2)nc1. The van der Waals surface area contributed by atoms with Crippen LogP contribution in [0.1, 0.15) is 10.4 Å². The van der Waals surface area contributed by atoms with Gasteiger partial charge in [-0.05, 0) is 12.1 Å². The van der Waals surface area contributed by atoms with Gasteiger partial charge in [0.1, 0.15) is 5.75 Å². The van der Waals surface area contributed by atoms with Gasteiger partial charge in [-0.15, -0.1) is 0 Å². The molecule has 0 amide bonds. The Bertz CT molecular complexity index is 772. The van der Waals surface area contributed by atoms with E-state index >= 15 is 0 Å². The maximum absolute atomic E-state index is 10.7. The van der Waals surface area contributed by atoms with Crippen LogP contribution in [0.3, 0.4) is 0 Å². The highest BCUT2D eigenvalue weighted by Crippen LogP contribution is 2.21. The van der Waals surface area contributed by atoms with Crippen molar-refractivity contribution >= 4 is 16.9 Å². The fraction of sp³-hybridized carbons (Fsp3) is 0. The normalized spacial score (nSPS) is 10.4. The summed E-state index contributed by atoms with van der Waals surface area (Å²) in [7, 11) is 0. The van der Waals surface area contributed by atoms with Gasteiger partial charge in [-0.1, -0.05) is 18.2 Å². The predicted octanol–water partition coefficient (Wildman–Crippen LogP) is 2.52. The van der Waals surface area contributed by atoms with E-state index < -0.39 is 5.97 Å². The minimum Gasteiger partial charge on any atom is -0.478 e. The first kappa shape index (κ1) is 12.0. The summed E-state index contributed by atoms with van der Waals surface area (Å²) >= 11 is 0. The van der Waals surface area contributed by atoms with Crippen molar-refractivity contribution in [2.45, 2.75) is 0 Å². The van der Waals surface area contributed by atoms with Crippen LogP contribution in [-0.2, 0) is 0 Å². The van der Waals surface area contributed by atoms with Crippen molar-refractivity contribution in [3.8, 4) is 11.8 Å². The maximum atomic E-state index is 10.7. The zero-order valence-corrected chi connectivity index (χ0v) is 10.2. The van der Waals surface area contributed by atoms with Gasteiger partial charge in [0.2, 0.25) is 0 Å². The van der Waals surface area contributed by atoms with E-state index in [1.165, 1.54) is 12.4 Å². The molecule has 0 unspecified atom stereocenters. The van der Waals surface area contributed by atoms with Crippen LogP contribution in [0.25, 0.3) is 10.9 Å². The number of fused-ring (bicyclic) bond motifs is 1. The van der Waals surface area contributed by atoms with E-state index in [4.69, 9.17) is 9.84 Å². The van der Waals surface area contributed by atoms with Gasteiger partial charge >= 0.3 is 12.0 Å². The third-order valence-electron chi connectivity index (χ3n) is 2.65. The molecule has 0 radical (unpaired) electrons. The van der Waals surface area contributed by atoms with Gasteiger partial charge in [-0.25, -0.2) is 14.8 Å². The first-order valence-corrected chi connectivity index (χ1v) is 5.80. The largest absolute Gasteiger partial charge is 0.478 e. The number of pyridine rings is 1. The minimum atomic E-state index is -1.08. The van der Waals surface area contributed by atoms with Crippen LogP contribution in [0.2, 0.25) is 0 Å². The topological polar surface area (TPSA) is 85.2 Å². The highest BCUT2D eigenvalue weighted by atomic mass is 16.5. The number of carbonyl (C=O) groups is 1. The number of carboxylic acids is 1. The van der Waals surface area contributed by atoms with E-state index in [0.29, 0.717) is 5.75 Å². The van der Waals surface area contributed by atoms with E-state index in [9.17, 15) is 4.79 Å². The molecule has 0 aliphatic rings. The molecular weight excluding hydrogens is 258 g/mol. The molecule has 0 saturated carbocycles. The van der Waals surface area contributed by atoms with Crippen molar-refractivity contribution in [1.82, 2.24) is 15.0 Å². The van der Waals surface area contributed by atoms with E-state index in [-0.39, 0.29) is 11.6 Å². The molecule has 0 atom stereocenters. The highest BCUT2D eigenvalue weighted by Gasteiger charge is 2.06. The third-order valence-corrected chi connectivity index (χ3v) is 2.65. The molecule has 1 aromatic carbocycles. The molecule has 6 heteroatoms. The molecular formula is C14H9N3O3. The Morgan fingerprint density at radius 1 is 1.05 bits per heavy atom. The zero-order chi connectivity index (χ0) is 13.9. The van der Waals surface area contributed by atoms with Crippen molar-refractivity contribution < 1.29 is 14.6 Å². The Kier molecular flexibility index (Phi) is 2.96. The van der Waals surface area contributed by atoms with Gasteiger partial charge in [0.25, 0.3) is 0 Å². The molecule has 0 aliphatic heterocycles. The van der Waals surface area contributed by atoms with Crippen molar-refractivity contribution in [1.29, 1.82) is 0 Å². The van der Waals surface area contributed by atoms with Crippen LogP contribution in [0.5, 0.6) is 11.8 Å². The average Bonchev–Trinajstić information content (AvgIpc) is 2.48. The molecule has 6 nitrogen and oxygen atoms in total. The maximum Gasteiger partial charge on any atom is 0.338 e. The summed E-state index contributed by atoms with van der Waals surface area (Å²) in [5.41, 5.74) is 0.871. The summed E-state index contributed by atoms with van der Waals surface area (Å²) < 4.78 is 5.44. The zero-order valence-electron chi connectivity index (χ0n) is 10.2. The Balaban J connectivity index is 1.87. The van der Waals surface area contributed by atoms with Crippen molar-refractivity contribution in [3.05, 3.63) is 54.5 Å². The van der Waals surface area contributed by atoms with Gasteiger partial charge in [0, 0.05) is 17.8 Å². The first-order chi connectivity index (χ1) is 9.72. The minimum absolute atomic E-state index is 0.00832.